The number of hydrogen-bond acceptors (Lipinski definition) is 4. The number of fused-ring (bicyclic) bond motifs is 1. The van der Waals surface area contributed by atoms with Crippen molar-refractivity contribution in [2.24, 2.45) is 11.3 Å². The van der Waals surface area contributed by atoms with E-state index >= 15 is 4.39 Å². The number of benzene rings is 2. The van der Waals surface area contributed by atoms with Crippen LogP contribution in [0.2, 0.25) is 0 Å². The average Bonchev–Trinajstić information content (AvgIpc) is 3.48. The summed E-state index contributed by atoms with van der Waals surface area (Å²) in [5.74, 6) is 1.11. The fraction of sp³-hybridized carbons (Fsp3) is 0.464. The van der Waals surface area contributed by atoms with Crippen LogP contribution in [-0.4, -0.2) is 55.5 Å². The van der Waals surface area contributed by atoms with Crippen LogP contribution in [0.3, 0.4) is 0 Å². The van der Waals surface area contributed by atoms with Crippen molar-refractivity contribution in [1.82, 2.24) is 9.47 Å². The summed E-state index contributed by atoms with van der Waals surface area (Å²) in [6.45, 7) is 4.26. The van der Waals surface area contributed by atoms with E-state index in [4.69, 9.17) is 4.74 Å². The highest BCUT2D eigenvalue weighted by Gasteiger charge is 2.43. The Morgan fingerprint density at radius 2 is 1.89 bits per heavy atom. The molecule has 35 heavy (non-hydrogen) atoms. The Balaban J connectivity index is 1.21. The van der Waals surface area contributed by atoms with E-state index in [-0.39, 0.29) is 23.5 Å². The predicted molar refractivity (Wildman–Crippen MR) is 134 cm³/mol. The van der Waals surface area contributed by atoms with Crippen molar-refractivity contribution in [2.75, 3.05) is 50.9 Å². The van der Waals surface area contributed by atoms with Crippen LogP contribution in [0.4, 0.5) is 14.5 Å². The number of rotatable bonds is 7. The van der Waals surface area contributed by atoms with Gasteiger partial charge in [-0.1, -0.05) is 0 Å². The minimum absolute atomic E-state index is 0.122. The van der Waals surface area contributed by atoms with E-state index in [0.717, 1.165) is 56.8 Å². The summed E-state index contributed by atoms with van der Waals surface area (Å²) >= 11 is 0. The molecule has 5 nitrogen and oxygen atoms in total. The number of nitrogens with zero attached hydrogens (tertiary/aromatic N) is 3. The molecule has 0 N–H and O–H groups in total. The van der Waals surface area contributed by atoms with Crippen molar-refractivity contribution < 1.29 is 13.5 Å². The third-order valence-corrected chi connectivity index (χ3v) is 7.96. The van der Waals surface area contributed by atoms with Crippen LogP contribution in [0.25, 0.3) is 16.5 Å². The molecule has 7 heteroatoms. The summed E-state index contributed by atoms with van der Waals surface area (Å²) in [5.41, 5.74) is 1.02. The lowest BCUT2D eigenvalue weighted by molar-refractivity contribution is 0.256. The van der Waals surface area contributed by atoms with E-state index in [1.54, 1.807) is 18.3 Å². The molecule has 3 fully saturated rings. The highest BCUT2D eigenvalue weighted by Crippen LogP contribution is 2.41. The van der Waals surface area contributed by atoms with E-state index in [2.05, 4.69) is 9.80 Å². The van der Waals surface area contributed by atoms with Crippen LogP contribution in [0.15, 0.2) is 53.5 Å². The first kappa shape index (κ1) is 22.5. The SMILES string of the molecule is O=c1c2ccc(OCC3CC3)cc2ccn1-c1ccc(N2CCC3(CCN(CCF)C3)C2)c(F)c1. The lowest BCUT2D eigenvalue weighted by Gasteiger charge is -2.26. The average molecular weight is 480 g/mol. The number of alkyl halides is 1. The van der Waals surface area contributed by atoms with Crippen LogP contribution < -0.4 is 15.2 Å². The monoisotopic (exact) mass is 479 g/mol. The Labute approximate surface area is 203 Å². The molecule has 2 aromatic carbocycles. The molecule has 3 aromatic rings. The number of hydrogen-bond donors (Lipinski definition) is 0. The Morgan fingerprint density at radius 3 is 2.69 bits per heavy atom. The van der Waals surface area contributed by atoms with Crippen molar-refractivity contribution >= 4 is 16.5 Å². The molecule has 1 atom stereocenters. The molecule has 0 bridgehead atoms. The van der Waals surface area contributed by atoms with E-state index in [1.807, 2.05) is 24.3 Å². The second-order valence-corrected chi connectivity index (χ2v) is 10.5. The van der Waals surface area contributed by atoms with Gasteiger partial charge in [0.15, 0.2) is 0 Å². The largest absolute Gasteiger partial charge is 0.493 e. The first-order valence-electron chi connectivity index (χ1n) is 12.7. The smallest absolute Gasteiger partial charge is 0.262 e. The fourth-order valence-electron chi connectivity index (χ4n) is 5.73. The van der Waals surface area contributed by atoms with Gasteiger partial charge in [-0.25, -0.2) is 8.78 Å². The zero-order valence-electron chi connectivity index (χ0n) is 19.9. The molecular formula is C28H31F2N3O2. The molecule has 1 spiro atoms. The summed E-state index contributed by atoms with van der Waals surface area (Å²) < 4.78 is 35.4. The number of halogens is 2. The van der Waals surface area contributed by atoms with E-state index in [0.29, 0.717) is 29.2 Å². The Morgan fingerprint density at radius 1 is 1.03 bits per heavy atom. The van der Waals surface area contributed by atoms with Gasteiger partial charge in [-0.3, -0.25) is 9.36 Å². The second-order valence-electron chi connectivity index (χ2n) is 10.5. The van der Waals surface area contributed by atoms with Crippen LogP contribution in [0.1, 0.15) is 25.7 Å². The van der Waals surface area contributed by atoms with Crippen LogP contribution in [0.5, 0.6) is 5.75 Å². The van der Waals surface area contributed by atoms with Gasteiger partial charge in [0, 0.05) is 49.2 Å². The van der Waals surface area contributed by atoms with Gasteiger partial charge in [-0.15, -0.1) is 0 Å². The van der Waals surface area contributed by atoms with Gasteiger partial charge in [0.05, 0.1) is 18.0 Å². The van der Waals surface area contributed by atoms with Gasteiger partial charge in [-0.2, -0.15) is 0 Å². The maximum Gasteiger partial charge on any atom is 0.262 e. The highest BCUT2D eigenvalue weighted by atomic mass is 19.1. The van der Waals surface area contributed by atoms with Gasteiger partial charge in [0.25, 0.3) is 5.56 Å². The molecule has 6 rings (SSSR count). The van der Waals surface area contributed by atoms with E-state index < -0.39 is 0 Å². The predicted octanol–water partition coefficient (Wildman–Crippen LogP) is 4.79. The molecule has 3 heterocycles. The first-order valence-corrected chi connectivity index (χ1v) is 12.7. The van der Waals surface area contributed by atoms with Crippen LogP contribution >= 0.6 is 0 Å². The summed E-state index contributed by atoms with van der Waals surface area (Å²) in [6.07, 6.45) is 6.18. The summed E-state index contributed by atoms with van der Waals surface area (Å²) in [4.78, 5) is 17.5. The Kier molecular flexibility index (Phi) is 5.75. The molecular weight excluding hydrogens is 448 g/mol. The summed E-state index contributed by atoms with van der Waals surface area (Å²) in [7, 11) is 0. The van der Waals surface area contributed by atoms with Gasteiger partial charge in [-0.05, 0) is 79.9 Å². The van der Waals surface area contributed by atoms with E-state index in [9.17, 15) is 9.18 Å². The minimum atomic E-state index is -0.325. The quantitative estimate of drug-likeness (QED) is 0.488. The highest BCUT2D eigenvalue weighted by molar-refractivity contribution is 5.83. The van der Waals surface area contributed by atoms with Gasteiger partial charge in [0.2, 0.25) is 0 Å². The lowest BCUT2D eigenvalue weighted by atomic mass is 9.86. The molecule has 2 saturated heterocycles. The van der Waals surface area contributed by atoms with Crippen LogP contribution in [-0.2, 0) is 0 Å². The third-order valence-electron chi connectivity index (χ3n) is 7.96. The summed E-state index contributed by atoms with van der Waals surface area (Å²) in [5, 5.41) is 1.40. The molecule has 1 saturated carbocycles. The molecule has 3 aliphatic rings. The van der Waals surface area contributed by atoms with Crippen molar-refractivity contribution in [3.63, 3.8) is 0 Å². The zero-order valence-corrected chi connectivity index (χ0v) is 19.9. The first-order chi connectivity index (χ1) is 17.0. The van der Waals surface area contributed by atoms with Gasteiger partial charge >= 0.3 is 0 Å². The number of ether oxygens (including phenoxy) is 1. The topological polar surface area (TPSA) is 37.7 Å². The standard InChI is InChI=1S/C28H31F2N3O2/c29-10-14-31-12-8-28(18-31)9-13-32(19-28)26-6-3-22(16-25(26)30)33-11-7-21-15-23(35-17-20-1-2-20)4-5-24(21)27(33)34/h3-7,11,15-16,20H,1-2,8-10,12-14,17-19H2. The number of pyridine rings is 1. The summed E-state index contributed by atoms with van der Waals surface area (Å²) in [6, 6.07) is 12.4. The number of likely N-dealkylation sites (tertiary alicyclic amines) is 1. The zero-order chi connectivity index (χ0) is 24.0. The second kappa shape index (κ2) is 8.94. The molecule has 1 unspecified atom stereocenters. The van der Waals surface area contributed by atoms with Crippen LogP contribution in [0, 0.1) is 17.2 Å². The molecule has 0 radical (unpaired) electrons. The third kappa shape index (κ3) is 4.42. The molecule has 0 amide bonds. The minimum Gasteiger partial charge on any atom is -0.493 e. The maximum atomic E-state index is 15.3. The molecule has 184 valence electrons. The molecule has 1 aliphatic carbocycles. The Bertz CT molecular complexity index is 1310. The Hall–Kier alpha value is -2.93. The maximum absolute atomic E-state index is 15.3. The fourth-order valence-corrected chi connectivity index (χ4v) is 5.73. The van der Waals surface area contributed by atoms with Crippen molar-refractivity contribution in [3.8, 4) is 11.4 Å². The van der Waals surface area contributed by atoms with E-state index in [1.165, 1.54) is 23.5 Å². The van der Waals surface area contributed by atoms with Crippen molar-refractivity contribution in [1.29, 1.82) is 0 Å². The molecule has 1 aromatic heterocycles. The van der Waals surface area contributed by atoms with Gasteiger partial charge in [0.1, 0.15) is 18.2 Å². The van der Waals surface area contributed by atoms with Crippen molar-refractivity contribution in [3.05, 3.63) is 64.8 Å². The van der Waals surface area contributed by atoms with Crippen molar-refractivity contribution in [2.45, 2.75) is 25.7 Å². The molecule has 2 aliphatic heterocycles. The number of anilines is 1. The lowest BCUT2D eigenvalue weighted by Crippen LogP contribution is -2.32. The van der Waals surface area contributed by atoms with Gasteiger partial charge < -0.3 is 14.5 Å². The number of aromatic nitrogens is 1. The normalized spacial score (nSPS) is 22.5.